The Morgan fingerprint density at radius 3 is 2.84 bits per heavy atom. The zero-order valence-electron chi connectivity index (χ0n) is 12.2. The zero-order chi connectivity index (χ0) is 13.7. The van der Waals surface area contributed by atoms with E-state index in [1.54, 1.807) is 0 Å². The molecule has 19 heavy (non-hydrogen) atoms. The van der Waals surface area contributed by atoms with Crippen LogP contribution in [0.2, 0.25) is 0 Å². The second-order valence-electron chi connectivity index (χ2n) is 5.66. The topological polar surface area (TPSA) is 50.9 Å². The van der Waals surface area contributed by atoms with Crippen molar-refractivity contribution in [3.05, 3.63) is 29.6 Å². The summed E-state index contributed by atoms with van der Waals surface area (Å²) in [6, 6.07) is 4.41. The highest BCUT2D eigenvalue weighted by Gasteiger charge is 2.32. The summed E-state index contributed by atoms with van der Waals surface area (Å²) in [5, 5.41) is 0. The van der Waals surface area contributed by atoms with E-state index in [4.69, 9.17) is 5.84 Å². The Morgan fingerprint density at radius 1 is 1.37 bits per heavy atom. The number of hydrogen-bond acceptors (Lipinski definition) is 3. The minimum absolute atomic E-state index is 0.210. The van der Waals surface area contributed by atoms with Gasteiger partial charge in [0.05, 0.1) is 11.7 Å². The summed E-state index contributed by atoms with van der Waals surface area (Å²) < 4.78 is 0. The molecule has 3 N–H and O–H groups in total. The van der Waals surface area contributed by atoms with Crippen molar-refractivity contribution >= 4 is 0 Å². The molecule has 0 bridgehead atoms. The third-order valence-corrected chi connectivity index (χ3v) is 4.70. The Bertz CT molecular complexity index is 391. The molecular weight excluding hydrogens is 234 g/mol. The van der Waals surface area contributed by atoms with E-state index in [-0.39, 0.29) is 6.04 Å². The van der Waals surface area contributed by atoms with E-state index in [0.29, 0.717) is 5.92 Å². The Morgan fingerprint density at radius 2 is 2.16 bits per heavy atom. The van der Waals surface area contributed by atoms with Gasteiger partial charge in [0.25, 0.3) is 0 Å². The molecule has 1 aromatic rings. The number of pyridine rings is 1. The van der Waals surface area contributed by atoms with Crippen LogP contribution in [0, 0.1) is 11.8 Å². The van der Waals surface area contributed by atoms with E-state index in [0.717, 1.165) is 18.0 Å². The van der Waals surface area contributed by atoms with Crippen LogP contribution in [0.3, 0.4) is 0 Å². The van der Waals surface area contributed by atoms with Gasteiger partial charge in [0.15, 0.2) is 0 Å². The fraction of sp³-hybridized carbons (Fsp3) is 0.688. The Hall–Kier alpha value is -0.930. The van der Waals surface area contributed by atoms with Crippen LogP contribution < -0.4 is 11.3 Å². The number of hydrazine groups is 1. The summed E-state index contributed by atoms with van der Waals surface area (Å²) in [7, 11) is 0. The van der Waals surface area contributed by atoms with Crippen LogP contribution in [0.25, 0.3) is 0 Å². The average molecular weight is 261 g/mol. The lowest BCUT2D eigenvalue weighted by Crippen LogP contribution is -2.39. The first kappa shape index (κ1) is 14.5. The quantitative estimate of drug-likeness (QED) is 0.631. The molecule has 2 rings (SSSR count). The van der Waals surface area contributed by atoms with Crippen molar-refractivity contribution in [1.82, 2.24) is 10.4 Å². The van der Waals surface area contributed by atoms with Crippen molar-refractivity contribution in [1.29, 1.82) is 0 Å². The highest BCUT2D eigenvalue weighted by molar-refractivity contribution is 5.23. The van der Waals surface area contributed by atoms with E-state index in [1.165, 1.54) is 37.7 Å². The highest BCUT2D eigenvalue weighted by atomic mass is 15.2. The third kappa shape index (κ3) is 3.15. The Labute approximate surface area is 117 Å². The van der Waals surface area contributed by atoms with Crippen LogP contribution in [-0.4, -0.2) is 4.98 Å². The van der Waals surface area contributed by atoms with Crippen LogP contribution in [0.1, 0.15) is 63.3 Å². The van der Waals surface area contributed by atoms with Gasteiger partial charge in [-0.2, -0.15) is 0 Å². The monoisotopic (exact) mass is 261 g/mol. The first-order valence-corrected chi connectivity index (χ1v) is 7.71. The molecule has 3 atom stereocenters. The molecule has 3 unspecified atom stereocenters. The molecular formula is C16H27N3. The molecule has 106 valence electrons. The maximum Gasteiger partial charge on any atom is 0.0665 e. The number of nitrogens with zero attached hydrogens (tertiary/aromatic N) is 1. The van der Waals surface area contributed by atoms with Gasteiger partial charge in [-0.25, -0.2) is 0 Å². The van der Waals surface area contributed by atoms with Crippen molar-refractivity contribution < 1.29 is 0 Å². The van der Waals surface area contributed by atoms with Gasteiger partial charge in [-0.15, -0.1) is 0 Å². The van der Waals surface area contributed by atoms with Gasteiger partial charge in [-0.05, 0) is 36.3 Å². The number of nitrogens with two attached hydrogens (primary N) is 1. The fourth-order valence-corrected chi connectivity index (χ4v) is 3.62. The molecule has 0 amide bonds. The maximum atomic E-state index is 5.89. The van der Waals surface area contributed by atoms with Crippen LogP contribution in [0.15, 0.2) is 18.3 Å². The van der Waals surface area contributed by atoms with Crippen LogP contribution in [-0.2, 0) is 6.42 Å². The van der Waals surface area contributed by atoms with Crippen molar-refractivity contribution in [2.45, 2.75) is 58.4 Å². The lowest BCUT2D eigenvalue weighted by Gasteiger charge is -2.36. The molecule has 1 aliphatic carbocycles. The third-order valence-electron chi connectivity index (χ3n) is 4.70. The molecule has 1 saturated carbocycles. The average Bonchev–Trinajstić information content (AvgIpc) is 2.49. The Kier molecular flexibility index (Phi) is 5.34. The number of nitrogens with one attached hydrogen (secondary N) is 1. The van der Waals surface area contributed by atoms with Gasteiger partial charge >= 0.3 is 0 Å². The van der Waals surface area contributed by atoms with E-state index in [9.17, 15) is 0 Å². The largest absolute Gasteiger partial charge is 0.271 e. The van der Waals surface area contributed by atoms with Gasteiger partial charge in [0.2, 0.25) is 0 Å². The number of rotatable bonds is 5. The molecule has 1 aliphatic rings. The predicted octanol–water partition coefficient (Wildman–Crippen LogP) is 3.36. The van der Waals surface area contributed by atoms with Crippen molar-refractivity contribution in [3.63, 3.8) is 0 Å². The van der Waals surface area contributed by atoms with Gasteiger partial charge < -0.3 is 0 Å². The van der Waals surface area contributed by atoms with E-state index >= 15 is 0 Å². The summed E-state index contributed by atoms with van der Waals surface area (Å²) in [6.07, 6.45) is 9.47. The second kappa shape index (κ2) is 7.01. The van der Waals surface area contributed by atoms with Gasteiger partial charge in [-0.1, -0.05) is 45.6 Å². The molecule has 0 aromatic carbocycles. The predicted molar refractivity (Wildman–Crippen MR) is 79.4 cm³/mol. The summed E-state index contributed by atoms with van der Waals surface area (Å²) in [5.74, 6) is 7.29. The summed E-state index contributed by atoms with van der Waals surface area (Å²) >= 11 is 0. The van der Waals surface area contributed by atoms with Crippen LogP contribution in [0.5, 0.6) is 0 Å². The van der Waals surface area contributed by atoms with Gasteiger partial charge in [0.1, 0.15) is 0 Å². The molecule has 1 heterocycles. The minimum atomic E-state index is 0.210. The first-order valence-electron chi connectivity index (χ1n) is 7.71. The fourth-order valence-electron chi connectivity index (χ4n) is 3.62. The molecule has 1 fully saturated rings. The van der Waals surface area contributed by atoms with E-state index in [1.807, 2.05) is 12.3 Å². The van der Waals surface area contributed by atoms with E-state index < -0.39 is 0 Å². The lowest BCUT2D eigenvalue weighted by molar-refractivity contribution is 0.173. The summed E-state index contributed by atoms with van der Waals surface area (Å²) in [6.45, 7) is 4.49. The molecule has 3 nitrogen and oxygen atoms in total. The van der Waals surface area contributed by atoms with Crippen LogP contribution >= 0.6 is 0 Å². The number of aromatic nitrogens is 1. The van der Waals surface area contributed by atoms with Crippen molar-refractivity contribution in [2.75, 3.05) is 0 Å². The van der Waals surface area contributed by atoms with Crippen molar-refractivity contribution in [2.24, 2.45) is 17.7 Å². The van der Waals surface area contributed by atoms with Gasteiger partial charge in [0, 0.05) is 6.20 Å². The van der Waals surface area contributed by atoms with Crippen molar-refractivity contribution in [3.8, 4) is 0 Å². The normalized spacial score (nSPS) is 25.2. The molecule has 1 aromatic heterocycles. The van der Waals surface area contributed by atoms with Crippen LogP contribution in [0.4, 0.5) is 0 Å². The lowest BCUT2D eigenvalue weighted by atomic mass is 9.73. The summed E-state index contributed by atoms with van der Waals surface area (Å²) in [4.78, 5) is 4.62. The summed E-state index contributed by atoms with van der Waals surface area (Å²) in [5.41, 5.74) is 5.55. The minimum Gasteiger partial charge on any atom is -0.271 e. The smallest absolute Gasteiger partial charge is 0.0665 e. The highest BCUT2D eigenvalue weighted by Crippen LogP contribution is 2.40. The van der Waals surface area contributed by atoms with E-state index in [2.05, 4.69) is 30.3 Å². The Balaban J connectivity index is 2.27. The first-order chi connectivity index (χ1) is 9.31. The molecule has 0 saturated heterocycles. The van der Waals surface area contributed by atoms with Gasteiger partial charge in [-0.3, -0.25) is 16.3 Å². The second-order valence-corrected chi connectivity index (χ2v) is 5.66. The molecule has 0 radical (unpaired) electrons. The number of hydrogen-bond donors (Lipinski definition) is 2. The molecule has 3 heteroatoms. The molecule has 0 aliphatic heterocycles. The maximum absolute atomic E-state index is 5.89. The zero-order valence-corrected chi connectivity index (χ0v) is 12.2. The standard InChI is InChI=1S/C16H27N3/c1-3-12-8-5-6-10-14(12)16(19-17)15-13(4-2)9-7-11-18-15/h7,9,11-12,14,16,19H,3-6,8,10,17H2,1-2H3. The molecule has 0 spiro atoms. The SMILES string of the molecule is CCc1cccnc1C(NN)C1CCCCC1CC. The number of aryl methyl sites for hydroxylation is 1.